The van der Waals surface area contributed by atoms with Crippen LogP contribution >= 0.6 is 15.9 Å². The lowest BCUT2D eigenvalue weighted by Crippen LogP contribution is -2.23. The zero-order valence-corrected chi connectivity index (χ0v) is 11.2. The highest BCUT2D eigenvalue weighted by Crippen LogP contribution is 2.24. The van der Waals surface area contributed by atoms with E-state index in [0.717, 1.165) is 16.1 Å². The third kappa shape index (κ3) is 3.12. The van der Waals surface area contributed by atoms with Crippen molar-refractivity contribution in [1.29, 1.82) is 5.26 Å². The van der Waals surface area contributed by atoms with E-state index in [-0.39, 0.29) is 0 Å². The molecule has 4 nitrogen and oxygen atoms in total. The number of aliphatic carboxylic acids is 1. The number of carboxylic acid groups (broad SMARTS) is 1. The van der Waals surface area contributed by atoms with Crippen LogP contribution in [0.1, 0.15) is 5.76 Å². The van der Waals surface area contributed by atoms with Crippen molar-refractivity contribution in [2.75, 3.05) is 0 Å². The first-order valence-corrected chi connectivity index (χ1v) is 6.08. The van der Waals surface area contributed by atoms with Gasteiger partial charge in [0.05, 0.1) is 11.5 Å². The van der Waals surface area contributed by atoms with E-state index < -0.39 is 11.5 Å². The Morgan fingerprint density at radius 2 is 1.95 bits per heavy atom. The van der Waals surface area contributed by atoms with Gasteiger partial charge in [0.25, 0.3) is 0 Å². The van der Waals surface area contributed by atoms with E-state index in [2.05, 4.69) is 15.9 Å². The number of nitrogens with zero attached hydrogens (tertiary/aromatic N) is 1. The number of carbonyl (C=O) groups excluding carboxylic acids is 1. The number of furan rings is 1. The van der Waals surface area contributed by atoms with Crippen LogP contribution < -0.4 is 5.11 Å². The van der Waals surface area contributed by atoms with Crippen LogP contribution in [0.25, 0.3) is 17.4 Å². The Balaban J connectivity index is 2.32. The van der Waals surface area contributed by atoms with Crippen molar-refractivity contribution in [3.63, 3.8) is 0 Å². The van der Waals surface area contributed by atoms with Crippen LogP contribution in [0.5, 0.6) is 0 Å². The third-order valence-corrected chi connectivity index (χ3v) is 2.91. The summed E-state index contributed by atoms with van der Waals surface area (Å²) in [5.41, 5.74) is 0.381. The first-order valence-electron chi connectivity index (χ1n) is 5.29. The molecule has 0 N–H and O–H groups in total. The lowest BCUT2D eigenvalue weighted by Gasteiger charge is -1.98. The second-order valence-corrected chi connectivity index (χ2v) is 4.58. The van der Waals surface area contributed by atoms with Crippen molar-refractivity contribution in [3.8, 4) is 17.4 Å². The van der Waals surface area contributed by atoms with Gasteiger partial charge in [-0.3, -0.25) is 0 Å². The van der Waals surface area contributed by atoms with E-state index >= 15 is 0 Å². The Morgan fingerprint density at radius 3 is 2.53 bits per heavy atom. The maximum atomic E-state index is 10.6. The van der Waals surface area contributed by atoms with Crippen molar-refractivity contribution in [1.82, 2.24) is 0 Å². The Bertz CT molecular complexity index is 677. The van der Waals surface area contributed by atoms with Gasteiger partial charge in [-0.2, -0.15) is 5.26 Å². The second kappa shape index (κ2) is 5.55. The number of rotatable bonds is 3. The minimum Gasteiger partial charge on any atom is -0.544 e. The van der Waals surface area contributed by atoms with E-state index in [4.69, 9.17) is 9.68 Å². The molecule has 0 saturated carbocycles. The van der Waals surface area contributed by atoms with Crippen LogP contribution in [0.2, 0.25) is 0 Å². The minimum atomic E-state index is -1.52. The van der Waals surface area contributed by atoms with Crippen LogP contribution in [0.15, 0.2) is 50.9 Å². The number of benzene rings is 1. The highest BCUT2D eigenvalue weighted by Gasteiger charge is 2.05. The Labute approximate surface area is 117 Å². The summed E-state index contributed by atoms with van der Waals surface area (Å²) in [7, 11) is 0. The van der Waals surface area contributed by atoms with Crippen molar-refractivity contribution in [2.45, 2.75) is 0 Å². The summed E-state index contributed by atoms with van der Waals surface area (Å²) < 4.78 is 6.41. The average Bonchev–Trinajstić information content (AvgIpc) is 2.85. The van der Waals surface area contributed by atoms with Crippen LogP contribution in [0.3, 0.4) is 0 Å². The molecule has 0 saturated heterocycles. The van der Waals surface area contributed by atoms with E-state index in [1.54, 1.807) is 12.1 Å². The largest absolute Gasteiger partial charge is 0.544 e. The summed E-state index contributed by atoms with van der Waals surface area (Å²) in [6.45, 7) is 0. The standard InChI is InChI=1S/C14H8BrNO3/c15-11-3-1-9(2-4-11)13-6-5-12(19-13)7-10(8-16)14(17)18/h1-7H,(H,17,18)/p-1/b10-7+. The topological polar surface area (TPSA) is 77.1 Å². The van der Waals surface area contributed by atoms with Crippen molar-refractivity contribution in [3.05, 3.63) is 52.2 Å². The Kier molecular flexibility index (Phi) is 3.83. The lowest BCUT2D eigenvalue weighted by molar-refractivity contribution is -0.298. The van der Waals surface area contributed by atoms with Crippen LogP contribution in [0.4, 0.5) is 0 Å². The van der Waals surface area contributed by atoms with Gasteiger partial charge in [-0.1, -0.05) is 28.1 Å². The number of hydrogen-bond donors (Lipinski definition) is 0. The Morgan fingerprint density at radius 1 is 1.26 bits per heavy atom. The molecule has 0 aliphatic carbocycles. The highest BCUT2D eigenvalue weighted by atomic mass is 79.9. The summed E-state index contributed by atoms with van der Waals surface area (Å²) in [6, 6.07) is 12.3. The average molecular weight is 317 g/mol. The van der Waals surface area contributed by atoms with Crippen LogP contribution in [-0.2, 0) is 4.79 Å². The molecule has 1 heterocycles. The number of nitriles is 1. The van der Waals surface area contributed by atoms with Gasteiger partial charge in [0.15, 0.2) is 0 Å². The molecule has 0 spiro atoms. The predicted molar refractivity (Wildman–Crippen MR) is 70.4 cm³/mol. The van der Waals surface area contributed by atoms with E-state index in [1.807, 2.05) is 24.3 Å². The number of hydrogen-bond acceptors (Lipinski definition) is 4. The van der Waals surface area contributed by atoms with E-state index in [0.29, 0.717) is 11.5 Å². The van der Waals surface area contributed by atoms with Crippen LogP contribution in [0, 0.1) is 11.3 Å². The fraction of sp³-hybridized carbons (Fsp3) is 0. The molecule has 2 aromatic rings. The van der Waals surface area contributed by atoms with Gasteiger partial charge >= 0.3 is 0 Å². The predicted octanol–water partition coefficient (Wildman–Crippen LogP) is 2.37. The van der Waals surface area contributed by atoms with Gasteiger partial charge < -0.3 is 14.3 Å². The molecule has 5 heteroatoms. The molecule has 0 unspecified atom stereocenters. The van der Waals surface area contributed by atoms with Gasteiger partial charge in [0.2, 0.25) is 0 Å². The monoisotopic (exact) mass is 316 g/mol. The van der Waals surface area contributed by atoms with Crippen molar-refractivity contribution in [2.24, 2.45) is 0 Å². The van der Waals surface area contributed by atoms with Gasteiger partial charge in [-0.25, -0.2) is 0 Å². The molecule has 0 aliphatic heterocycles. The van der Waals surface area contributed by atoms with E-state index in [9.17, 15) is 9.90 Å². The molecule has 0 bridgehead atoms. The highest BCUT2D eigenvalue weighted by molar-refractivity contribution is 9.10. The normalized spacial score (nSPS) is 11.1. The molecule has 1 aromatic carbocycles. The molecule has 0 amide bonds. The SMILES string of the molecule is N#C/C(=C\c1ccc(-c2ccc(Br)cc2)o1)C(=O)[O-]. The Hall–Kier alpha value is -2.32. The molecule has 0 aliphatic rings. The summed E-state index contributed by atoms with van der Waals surface area (Å²) in [4.78, 5) is 10.6. The molecular weight excluding hydrogens is 310 g/mol. The molecule has 1 aromatic heterocycles. The molecule has 0 fully saturated rings. The van der Waals surface area contributed by atoms with E-state index in [1.165, 1.54) is 6.07 Å². The first-order chi connectivity index (χ1) is 9.10. The summed E-state index contributed by atoms with van der Waals surface area (Å²) >= 11 is 3.33. The maximum absolute atomic E-state index is 10.6. The smallest absolute Gasteiger partial charge is 0.134 e. The zero-order valence-electron chi connectivity index (χ0n) is 9.59. The van der Waals surface area contributed by atoms with Gasteiger partial charge in [-0.15, -0.1) is 0 Å². The minimum absolute atomic E-state index is 0.290. The zero-order chi connectivity index (χ0) is 13.8. The van der Waals surface area contributed by atoms with Gasteiger partial charge in [-0.05, 0) is 24.3 Å². The molecule has 19 heavy (non-hydrogen) atoms. The summed E-state index contributed by atoms with van der Waals surface area (Å²) in [6.07, 6.45) is 1.14. The fourth-order valence-corrected chi connectivity index (χ4v) is 1.74. The maximum Gasteiger partial charge on any atom is 0.134 e. The molecule has 2 rings (SSSR count). The number of carbonyl (C=O) groups is 1. The first kappa shape index (κ1) is 13.1. The molecule has 0 radical (unpaired) electrons. The second-order valence-electron chi connectivity index (χ2n) is 3.67. The number of halogens is 1. The number of carboxylic acids is 1. The summed E-state index contributed by atoms with van der Waals surface area (Å²) in [5, 5.41) is 19.2. The molecule has 0 atom stereocenters. The van der Waals surface area contributed by atoms with Gasteiger partial charge in [0, 0.05) is 16.1 Å². The lowest BCUT2D eigenvalue weighted by atomic mass is 10.2. The quantitative estimate of drug-likeness (QED) is 0.643. The molecular formula is C14H7BrNO3-. The van der Waals surface area contributed by atoms with Gasteiger partial charge in [0.1, 0.15) is 17.6 Å². The van der Waals surface area contributed by atoms with Crippen molar-refractivity contribution < 1.29 is 14.3 Å². The third-order valence-electron chi connectivity index (χ3n) is 2.38. The fourth-order valence-electron chi connectivity index (χ4n) is 1.48. The van der Waals surface area contributed by atoms with Crippen molar-refractivity contribution >= 4 is 28.0 Å². The molecule has 94 valence electrons. The van der Waals surface area contributed by atoms with Crippen LogP contribution in [-0.4, -0.2) is 5.97 Å². The summed E-state index contributed by atoms with van der Waals surface area (Å²) in [5.74, 6) is -0.642.